The van der Waals surface area contributed by atoms with Crippen LogP contribution in [0.1, 0.15) is 44.9 Å². The second-order valence-corrected chi connectivity index (χ2v) is 3.51. The lowest BCUT2D eigenvalue weighted by Gasteiger charge is -1.99. The Morgan fingerprint density at radius 3 is 2.33 bits per heavy atom. The van der Waals surface area contributed by atoms with E-state index < -0.39 is 11.8 Å². The van der Waals surface area contributed by atoms with Gasteiger partial charge in [-0.05, 0) is 19.3 Å². The van der Waals surface area contributed by atoms with E-state index in [1.54, 1.807) is 0 Å². The smallest absolute Gasteiger partial charge is 0.374 e. The number of ketones is 1. The molecule has 0 heterocycles. The number of allylic oxidation sites excluding steroid dienone is 1. The highest BCUT2D eigenvalue weighted by Gasteiger charge is 2.12. The molecule has 0 aromatic carbocycles. The maximum atomic E-state index is 11.0. The SMILES string of the molecule is C=CCCCCCCCC(=O)C(=O)OC. The van der Waals surface area contributed by atoms with Crippen molar-refractivity contribution in [3.8, 4) is 0 Å². The minimum absolute atomic E-state index is 0.314. The van der Waals surface area contributed by atoms with Gasteiger partial charge in [0.15, 0.2) is 0 Å². The second kappa shape index (κ2) is 9.44. The Labute approximate surface area is 91.5 Å². The van der Waals surface area contributed by atoms with Crippen LogP contribution in [0.25, 0.3) is 0 Å². The zero-order chi connectivity index (χ0) is 11.5. The average molecular weight is 212 g/mol. The lowest BCUT2D eigenvalue weighted by molar-refractivity contribution is -0.151. The number of hydrogen-bond acceptors (Lipinski definition) is 3. The molecule has 0 aliphatic heterocycles. The van der Waals surface area contributed by atoms with Crippen LogP contribution in [-0.4, -0.2) is 18.9 Å². The van der Waals surface area contributed by atoms with Gasteiger partial charge in [-0.2, -0.15) is 0 Å². The summed E-state index contributed by atoms with van der Waals surface area (Å²) < 4.78 is 4.32. The molecule has 0 radical (unpaired) electrons. The highest BCUT2D eigenvalue weighted by Crippen LogP contribution is 2.07. The number of carbonyl (C=O) groups is 2. The Hall–Kier alpha value is -1.12. The van der Waals surface area contributed by atoms with E-state index in [9.17, 15) is 9.59 Å². The molecule has 3 nitrogen and oxygen atoms in total. The molecule has 0 bridgehead atoms. The predicted molar refractivity (Wildman–Crippen MR) is 59.5 cm³/mol. The molecule has 86 valence electrons. The van der Waals surface area contributed by atoms with Crippen LogP contribution in [0.3, 0.4) is 0 Å². The van der Waals surface area contributed by atoms with Gasteiger partial charge in [0.25, 0.3) is 0 Å². The van der Waals surface area contributed by atoms with E-state index in [2.05, 4.69) is 11.3 Å². The third kappa shape index (κ3) is 7.91. The third-order valence-corrected chi connectivity index (χ3v) is 2.23. The molecule has 0 atom stereocenters. The zero-order valence-electron chi connectivity index (χ0n) is 9.46. The van der Waals surface area contributed by atoms with Crippen LogP contribution in [-0.2, 0) is 14.3 Å². The summed E-state index contributed by atoms with van der Waals surface area (Å²) in [4.78, 5) is 21.8. The van der Waals surface area contributed by atoms with Crippen molar-refractivity contribution in [1.82, 2.24) is 0 Å². The number of methoxy groups -OCH3 is 1. The monoisotopic (exact) mass is 212 g/mol. The minimum Gasteiger partial charge on any atom is -0.463 e. The van der Waals surface area contributed by atoms with Crippen molar-refractivity contribution in [2.45, 2.75) is 44.9 Å². The van der Waals surface area contributed by atoms with Gasteiger partial charge in [0.1, 0.15) is 0 Å². The molecule has 3 heteroatoms. The molecule has 0 fully saturated rings. The number of carbonyl (C=O) groups excluding carboxylic acids is 2. The Morgan fingerprint density at radius 2 is 1.73 bits per heavy atom. The van der Waals surface area contributed by atoms with Gasteiger partial charge >= 0.3 is 5.97 Å². The van der Waals surface area contributed by atoms with Crippen LogP contribution in [0.5, 0.6) is 0 Å². The van der Waals surface area contributed by atoms with Crippen LogP contribution >= 0.6 is 0 Å². The Bertz CT molecular complexity index is 209. The van der Waals surface area contributed by atoms with Gasteiger partial charge in [-0.15, -0.1) is 6.58 Å². The summed E-state index contributed by atoms with van der Waals surface area (Å²) in [6, 6.07) is 0. The first-order valence-electron chi connectivity index (χ1n) is 5.44. The largest absolute Gasteiger partial charge is 0.463 e. The van der Waals surface area contributed by atoms with Crippen molar-refractivity contribution < 1.29 is 14.3 Å². The molecule has 0 spiro atoms. The molecule has 0 unspecified atom stereocenters. The minimum atomic E-state index is -0.721. The fourth-order valence-electron chi connectivity index (χ4n) is 1.32. The van der Waals surface area contributed by atoms with Gasteiger partial charge in [0, 0.05) is 6.42 Å². The Balaban J connectivity index is 3.27. The van der Waals surface area contributed by atoms with Gasteiger partial charge in [0.2, 0.25) is 5.78 Å². The first-order chi connectivity index (χ1) is 7.22. The summed E-state index contributed by atoms with van der Waals surface area (Å²) in [5.74, 6) is -1.13. The highest BCUT2D eigenvalue weighted by molar-refractivity contribution is 6.33. The number of hydrogen-bond donors (Lipinski definition) is 0. The number of Topliss-reactive ketones (excluding diaryl/α,β-unsaturated/α-hetero) is 1. The summed E-state index contributed by atoms with van der Waals surface area (Å²) in [6.45, 7) is 3.65. The standard InChI is InChI=1S/C12H20O3/c1-3-4-5-6-7-8-9-10-11(13)12(14)15-2/h3H,1,4-10H2,2H3. The van der Waals surface area contributed by atoms with Crippen molar-refractivity contribution in [3.05, 3.63) is 12.7 Å². The first-order valence-corrected chi connectivity index (χ1v) is 5.44. The summed E-state index contributed by atoms with van der Waals surface area (Å²) >= 11 is 0. The van der Waals surface area contributed by atoms with Crippen molar-refractivity contribution in [3.63, 3.8) is 0 Å². The summed E-state index contributed by atoms with van der Waals surface area (Å²) in [7, 11) is 1.23. The number of unbranched alkanes of at least 4 members (excludes halogenated alkanes) is 5. The van der Waals surface area contributed by atoms with Crippen LogP contribution < -0.4 is 0 Å². The fourth-order valence-corrected chi connectivity index (χ4v) is 1.32. The van der Waals surface area contributed by atoms with Gasteiger partial charge in [-0.25, -0.2) is 4.79 Å². The normalized spacial score (nSPS) is 9.67. The van der Waals surface area contributed by atoms with Crippen LogP contribution in [0.2, 0.25) is 0 Å². The quantitative estimate of drug-likeness (QED) is 0.255. The molecular weight excluding hydrogens is 192 g/mol. The molecule has 15 heavy (non-hydrogen) atoms. The van der Waals surface area contributed by atoms with Gasteiger partial charge in [-0.1, -0.05) is 25.3 Å². The summed E-state index contributed by atoms with van der Waals surface area (Å²) in [5, 5.41) is 0. The van der Waals surface area contributed by atoms with E-state index in [-0.39, 0.29) is 0 Å². The summed E-state index contributed by atoms with van der Waals surface area (Å²) in [5.41, 5.74) is 0. The molecule has 0 aliphatic rings. The van der Waals surface area contributed by atoms with E-state index in [0.717, 1.165) is 32.1 Å². The van der Waals surface area contributed by atoms with Crippen molar-refractivity contribution in [2.75, 3.05) is 7.11 Å². The maximum Gasteiger partial charge on any atom is 0.374 e. The van der Waals surface area contributed by atoms with Crippen LogP contribution in [0.15, 0.2) is 12.7 Å². The summed E-state index contributed by atoms with van der Waals surface area (Å²) in [6.07, 6.45) is 8.51. The van der Waals surface area contributed by atoms with E-state index in [0.29, 0.717) is 6.42 Å². The third-order valence-electron chi connectivity index (χ3n) is 2.23. The predicted octanol–water partition coefficient (Wildman–Crippen LogP) is 2.65. The van der Waals surface area contributed by atoms with Gasteiger partial charge in [-0.3, -0.25) is 4.79 Å². The molecule has 0 N–H and O–H groups in total. The molecule has 0 aliphatic carbocycles. The van der Waals surface area contributed by atoms with Crippen molar-refractivity contribution in [2.24, 2.45) is 0 Å². The first kappa shape index (κ1) is 13.9. The second-order valence-electron chi connectivity index (χ2n) is 3.51. The maximum absolute atomic E-state index is 11.0. The molecule has 0 rings (SSSR count). The lowest BCUT2D eigenvalue weighted by Crippen LogP contribution is -2.14. The van der Waals surface area contributed by atoms with Gasteiger partial charge < -0.3 is 4.74 Å². The molecular formula is C12H20O3. The molecule has 0 aromatic rings. The Kier molecular flexibility index (Phi) is 8.73. The zero-order valence-corrected chi connectivity index (χ0v) is 9.46. The van der Waals surface area contributed by atoms with Crippen molar-refractivity contribution in [1.29, 1.82) is 0 Å². The molecule has 0 aromatic heterocycles. The average Bonchev–Trinajstić information content (AvgIpc) is 2.26. The number of rotatable bonds is 9. The van der Waals surface area contributed by atoms with Crippen molar-refractivity contribution >= 4 is 11.8 Å². The van der Waals surface area contributed by atoms with E-state index in [1.807, 2.05) is 6.08 Å². The van der Waals surface area contributed by atoms with E-state index in [4.69, 9.17) is 0 Å². The topological polar surface area (TPSA) is 43.4 Å². The van der Waals surface area contributed by atoms with E-state index in [1.165, 1.54) is 13.5 Å². The van der Waals surface area contributed by atoms with E-state index >= 15 is 0 Å². The van der Waals surface area contributed by atoms with Crippen LogP contribution in [0.4, 0.5) is 0 Å². The van der Waals surface area contributed by atoms with Crippen LogP contribution in [0, 0.1) is 0 Å². The number of esters is 1. The Morgan fingerprint density at radius 1 is 1.13 bits per heavy atom. The molecule has 0 amide bonds. The number of ether oxygens (including phenoxy) is 1. The lowest BCUT2D eigenvalue weighted by atomic mass is 10.1. The fraction of sp³-hybridized carbons (Fsp3) is 0.667. The van der Waals surface area contributed by atoms with Gasteiger partial charge in [0.05, 0.1) is 7.11 Å². The molecule has 0 saturated heterocycles. The highest BCUT2D eigenvalue weighted by atomic mass is 16.5. The molecule has 0 saturated carbocycles.